The Labute approximate surface area is 253 Å². The average molecular weight is 457 g/mol. The molecule has 1 aromatic rings. The van der Waals surface area contributed by atoms with Crippen molar-refractivity contribution in [1.82, 2.24) is 0 Å². The first-order valence-corrected chi connectivity index (χ1v) is 10.9. The van der Waals surface area contributed by atoms with E-state index in [-0.39, 0.29) is 109 Å². The number of benzene rings is 1. The molecule has 0 N–H and O–H groups in total. The zero-order chi connectivity index (χ0) is 19.3. The number of aryl methyl sites for hydroxylation is 1. The molecular formula is C20H26K2O5S. The zero-order valence-electron chi connectivity index (χ0n) is 17.6. The van der Waals surface area contributed by atoms with Gasteiger partial charge in [0, 0.05) is 17.1 Å². The fourth-order valence-electron chi connectivity index (χ4n) is 5.47. The fraction of sp³-hybridized carbons (Fsp3) is 0.650. The topological polar surface area (TPSA) is 97.3 Å². The first kappa shape index (κ1) is 27.9. The van der Waals surface area contributed by atoms with Crippen LogP contribution in [0, 0.1) is 11.3 Å². The number of rotatable bonds is 4. The molecule has 0 aromatic heterocycles. The van der Waals surface area contributed by atoms with Crippen molar-refractivity contribution in [1.29, 1.82) is 0 Å². The molecule has 5 nitrogen and oxygen atoms in total. The quantitative estimate of drug-likeness (QED) is 0.341. The third kappa shape index (κ3) is 5.26. The van der Waals surface area contributed by atoms with Crippen LogP contribution in [-0.2, 0) is 26.7 Å². The van der Waals surface area contributed by atoms with Crippen LogP contribution in [0.25, 0.3) is 0 Å². The summed E-state index contributed by atoms with van der Waals surface area (Å²) >= 11 is 0. The van der Waals surface area contributed by atoms with Gasteiger partial charge >= 0.3 is 103 Å². The summed E-state index contributed by atoms with van der Waals surface area (Å²) in [6, 6.07) is 6.35. The number of hydrogen-bond acceptors (Lipinski definition) is 5. The smallest absolute Gasteiger partial charge is 0.748 e. The second kappa shape index (κ2) is 10.2. The summed E-state index contributed by atoms with van der Waals surface area (Å²) in [6.45, 7) is 6.30. The van der Waals surface area contributed by atoms with Gasteiger partial charge in [-0.05, 0) is 59.6 Å². The second-order valence-corrected chi connectivity index (χ2v) is 9.98. The summed E-state index contributed by atoms with van der Waals surface area (Å²) in [4.78, 5) is 12.1. The molecule has 0 aliphatic heterocycles. The molecule has 1 fully saturated rings. The normalized spacial score (nSPS) is 29.1. The van der Waals surface area contributed by atoms with E-state index in [4.69, 9.17) is 0 Å². The maximum absolute atomic E-state index is 12.1. The van der Waals surface area contributed by atoms with Crippen molar-refractivity contribution in [2.24, 2.45) is 11.3 Å². The van der Waals surface area contributed by atoms with E-state index in [1.165, 1.54) is 11.1 Å². The molecule has 28 heavy (non-hydrogen) atoms. The standard InChI is InChI=1S/C20H28O5S.2K/c1-13(2)14-5-7-16-15(11-14)6-8-17-19(16,3)9-4-10-20(17,18(21)22)12-26(23,24)25;;/h5,7,11,13,17H,4,6,8-10,12H2,1-3H3,(H,21,22)(H,23,24,25);;/q;2*+1/p-2/t17-,19-,20-;;/m1../s1. The summed E-state index contributed by atoms with van der Waals surface area (Å²) in [5, 5.41) is 12.1. The molecule has 0 bridgehead atoms. The Morgan fingerprint density at radius 1 is 1.25 bits per heavy atom. The predicted molar refractivity (Wildman–Crippen MR) is 95.5 cm³/mol. The first-order chi connectivity index (χ1) is 12.0. The van der Waals surface area contributed by atoms with Crippen LogP contribution in [0.4, 0.5) is 0 Å². The maximum Gasteiger partial charge on any atom is 1.00 e. The Hall–Kier alpha value is 1.87. The van der Waals surface area contributed by atoms with Crippen molar-refractivity contribution in [2.45, 2.75) is 64.2 Å². The van der Waals surface area contributed by atoms with Crippen LogP contribution in [0.5, 0.6) is 0 Å². The molecule has 1 aromatic carbocycles. The van der Waals surface area contributed by atoms with Gasteiger partial charge in [-0.3, -0.25) is 0 Å². The van der Waals surface area contributed by atoms with Gasteiger partial charge in [0.25, 0.3) is 0 Å². The van der Waals surface area contributed by atoms with Crippen LogP contribution in [-0.4, -0.2) is 24.7 Å². The molecule has 0 spiro atoms. The third-order valence-corrected chi connectivity index (χ3v) is 7.58. The molecule has 3 rings (SSSR count). The van der Waals surface area contributed by atoms with Crippen LogP contribution in [0.2, 0.25) is 0 Å². The molecule has 0 heterocycles. The molecule has 0 radical (unpaired) electrons. The van der Waals surface area contributed by atoms with Gasteiger partial charge in [0.2, 0.25) is 0 Å². The zero-order valence-corrected chi connectivity index (χ0v) is 24.6. The Balaban J connectivity index is 0.00000196. The summed E-state index contributed by atoms with van der Waals surface area (Å²) in [6.07, 6.45) is 2.82. The van der Waals surface area contributed by atoms with Gasteiger partial charge in [-0.25, -0.2) is 8.42 Å². The largest absolute Gasteiger partial charge is 1.00 e. The van der Waals surface area contributed by atoms with E-state index < -0.39 is 38.6 Å². The van der Waals surface area contributed by atoms with Crippen molar-refractivity contribution in [3.8, 4) is 0 Å². The number of aliphatic carboxylic acids is 1. The average Bonchev–Trinajstić information content (AvgIpc) is 2.52. The van der Waals surface area contributed by atoms with Crippen LogP contribution in [0.1, 0.15) is 69.1 Å². The molecule has 0 saturated heterocycles. The van der Waals surface area contributed by atoms with Gasteiger partial charge in [-0.2, -0.15) is 0 Å². The van der Waals surface area contributed by atoms with E-state index in [2.05, 4.69) is 32.0 Å². The molecular weight excluding hydrogens is 430 g/mol. The van der Waals surface area contributed by atoms with Crippen molar-refractivity contribution in [2.75, 3.05) is 5.75 Å². The minimum Gasteiger partial charge on any atom is -0.748 e. The van der Waals surface area contributed by atoms with Gasteiger partial charge in [-0.15, -0.1) is 0 Å². The van der Waals surface area contributed by atoms with E-state index >= 15 is 0 Å². The van der Waals surface area contributed by atoms with Gasteiger partial charge < -0.3 is 14.5 Å². The number of fused-ring (bicyclic) bond motifs is 3. The summed E-state index contributed by atoms with van der Waals surface area (Å²) in [7, 11) is -4.67. The van der Waals surface area contributed by atoms with E-state index in [1.54, 1.807) is 0 Å². The monoisotopic (exact) mass is 456 g/mol. The Kier molecular flexibility index (Phi) is 10.2. The van der Waals surface area contributed by atoms with Crippen LogP contribution >= 0.6 is 0 Å². The summed E-state index contributed by atoms with van der Waals surface area (Å²) in [5.74, 6) is -2.27. The van der Waals surface area contributed by atoms with E-state index in [0.29, 0.717) is 25.2 Å². The van der Waals surface area contributed by atoms with Gasteiger partial charge in [0.15, 0.2) is 0 Å². The molecule has 144 valence electrons. The van der Waals surface area contributed by atoms with E-state index in [0.717, 1.165) is 12.0 Å². The van der Waals surface area contributed by atoms with Gasteiger partial charge in [0.1, 0.15) is 0 Å². The Morgan fingerprint density at radius 2 is 1.89 bits per heavy atom. The molecule has 8 heteroatoms. The molecule has 1 saturated carbocycles. The van der Waals surface area contributed by atoms with Crippen molar-refractivity contribution in [3.63, 3.8) is 0 Å². The summed E-state index contributed by atoms with van der Waals surface area (Å²) in [5.41, 5.74) is 1.52. The Morgan fingerprint density at radius 3 is 2.43 bits per heavy atom. The first-order valence-electron chi connectivity index (χ1n) is 9.28. The second-order valence-electron chi connectivity index (χ2n) is 8.58. The number of carbonyl (C=O) groups excluding carboxylic acids is 1. The molecule has 2 aliphatic carbocycles. The molecule has 3 atom stereocenters. The van der Waals surface area contributed by atoms with Crippen molar-refractivity contribution in [3.05, 3.63) is 34.9 Å². The van der Waals surface area contributed by atoms with Crippen LogP contribution in [0.3, 0.4) is 0 Å². The molecule has 0 unspecified atom stereocenters. The number of carboxylic acid groups (broad SMARTS) is 1. The van der Waals surface area contributed by atoms with Crippen molar-refractivity contribution < 1.29 is 126 Å². The van der Waals surface area contributed by atoms with Gasteiger partial charge in [-0.1, -0.05) is 45.4 Å². The SMILES string of the molecule is CC(C)c1ccc2c(c1)CC[C@H]1[C@@](CS(=O)(=O)[O-])(C(=O)[O-])CCC[C@]21C.[K+].[K+]. The number of hydrogen-bond donors (Lipinski definition) is 0. The van der Waals surface area contributed by atoms with Crippen LogP contribution < -0.4 is 108 Å². The van der Waals surface area contributed by atoms with Crippen molar-refractivity contribution >= 4 is 16.1 Å². The Bertz CT molecular complexity index is 839. The number of carbonyl (C=O) groups is 1. The number of carboxylic acids is 1. The van der Waals surface area contributed by atoms with E-state index in [1.807, 2.05) is 6.92 Å². The maximum atomic E-state index is 12.1. The predicted octanol–water partition coefficient (Wildman–Crippen LogP) is -3.90. The third-order valence-electron chi connectivity index (χ3n) is 6.71. The minimum absolute atomic E-state index is 0. The summed E-state index contributed by atoms with van der Waals surface area (Å²) < 4.78 is 34.5. The molecule has 0 amide bonds. The van der Waals surface area contributed by atoms with Gasteiger partial charge in [0.05, 0.1) is 10.1 Å². The minimum atomic E-state index is -4.67. The van der Waals surface area contributed by atoms with Crippen LogP contribution in [0.15, 0.2) is 18.2 Å². The fourth-order valence-corrected chi connectivity index (χ4v) is 6.57. The van der Waals surface area contributed by atoms with E-state index in [9.17, 15) is 22.9 Å². The molecule has 2 aliphatic rings.